The van der Waals surface area contributed by atoms with Crippen molar-refractivity contribution in [1.82, 2.24) is 4.98 Å². The van der Waals surface area contributed by atoms with Gasteiger partial charge >= 0.3 is 0 Å². The SMILES string of the molecule is CC(C)(C)c1cccc(Nc2nc3ccccc3s2)c1. The van der Waals surface area contributed by atoms with Gasteiger partial charge in [-0.1, -0.05) is 56.4 Å². The largest absolute Gasteiger partial charge is 0.332 e. The van der Waals surface area contributed by atoms with Crippen LogP contribution in [0.15, 0.2) is 48.5 Å². The summed E-state index contributed by atoms with van der Waals surface area (Å²) < 4.78 is 1.21. The molecule has 1 N–H and O–H groups in total. The first-order valence-corrected chi connectivity index (χ1v) is 7.57. The van der Waals surface area contributed by atoms with Gasteiger partial charge in [0.1, 0.15) is 0 Å². The number of fused-ring (bicyclic) bond motifs is 1. The molecule has 2 nitrogen and oxygen atoms in total. The molecule has 0 atom stereocenters. The van der Waals surface area contributed by atoms with Crippen molar-refractivity contribution < 1.29 is 0 Å². The van der Waals surface area contributed by atoms with Crippen LogP contribution in [0.4, 0.5) is 10.8 Å². The molecule has 3 aromatic rings. The number of para-hydroxylation sites is 1. The van der Waals surface area contributed by atoms with Crippen LogP contribution < -0.4 is 5.32 Å². The normalized spacial score (nSPS) is 11.8. The molecule has 1 heterocycles. The third-order valence-corrected chi connectivity index (χ3v) is 4.23. The molecule has 20 heavy (non-hydrogen) atoms. The topological polar surface area (TPSA) is 24.9 Å². The van der Waals surface area contributed by atoms with Gasteiger partial charge in [0.2, 0.25) is 0 Å². The number of nitrogens with one attached hydrogen (secondary N) is 1. The Bertz CT molecular complexity index is 705. The molecule has 3 rings (SSSR count). The minimum atomic E-state index is 0.158. The van der Waals surface area contributed by atoms with E-state index in [4.69, 9.17) is 0 Å². The summed E-state index contributed by atoms with van der Waals surface area (Å²) in [5, 5.41) is 4.36. The Hall–Kier alpha value is -1.87. The summed E-state index contributed by atoms with van der Waals surface area (Å²) in [6.07, 6.45) is 0. The van der Waals surface area contributed by atoms with E-state index >= 15 is 0 Å². The van der Waals surface area contributed by atoms with Crippen molar-refractivity contribution in [2.24, 2.45) is 0 Å². The van der Waals surface area contributed by atoms with Crippen LogP contribution >= 0.6 is 11.3 Å². The molecule has 0 saturated carbocycles. The average molecular weight is 282 g/mol. The zero-order valence-corrected chi connectivity index (χ0v) is 12.8. The van der Waals surface area contributed by atoms with Gasteiger partial charge in [0.25, 0.3) is 0 Å². The number of benzene rings is 2. The minimum absolute atomic E-state index is 0.158. The first kappa shape index (κ1) is 13.1. The molecule has 0 amide bonds. The van der Waals surface area contributed by atoms with E-state index in [0.717, 1.165) is 16.3 Å². The lowest BCUT2D eigenvalue weighted by Crippen LogP contribution is -2.10. The summed E-state index contributed by atoms with van der Waals surface area (Å²) in [5.74, 6) is 0. The Labute approximate surface area is 123 Å². The van der Waals surface area contributed by atoms with Crippen molar-refractivity contribution in [2.45, 2.75) is 26.2 Å². The summed E-state index contributed by atoms with van der Waals surface area (Å²) in [6, 6.07) is 16.8. The number of rotatable bonds is 2. The van der Waals surface area contributed by atoms with E-state index in [9.17, 15) is 0 Å². The minimum Gasteiger partial charge on any atom is -0.332 e. The number of nitrogens with zero attached hydrogens (tertiary/aromatic N) is 1. The van der Waals surface area contributed by atoms with Crippen LogP contribution in [0.1, 0.15) is 26.3 Å². The van der Waals surface area contributed by atoms with E-state index in [1.165, 1.54) is 10.3 Å². The van der Waals surface area contributed by atoms with Gasteiger partial charge in [0.05, 0.1) is 10.2 Å². The first-order chi connectivity index (χ1) is 9.52. The Morgan fingerprint density at radius 2 is 1.80 bits per heavy atom. The second-order valence-electron chi connectivity index (χ2n) is 5.94. The van der Waals surface area contributed by atoms with Gasteiger partial charge in [-0.3, -0.25) is 0 Å². The summed E-state index contributed by atoms with van der Waals surface area (Å²) >= 11 is 1.68. The molecule has 0 aliphatic heterocycles. The molecule has 0 aliphatic carbocycles. The molecule has 2 aromatic carbocycles. The van der Waals surface area contributed by atoms with Crippen LogP contribution in [-0.2, 0) is 5.41 Å². The van der Waals surface area contributed by atoms with Crippen molar-refractivity contribution in [3.63, 3.8) is 0 Å². The van der Waals surface area contributed by atoms with Crippen molar-refractivity contribution in [3.8, 4) is 0 Å². The van der Waals surface area contributed by atoms with E-state index in [1.54, 1.807) is 11.3 Å². The summed E-state index contributed by atoms with van der Waals surface area (Å²) in [6.45, 7) is 6.68. The van der Waals surface area contributed by atoms with E-state index in [0.29, 0.717) is 0 Å². The van der Waals surface area contributed by atoms with E-state index in [-0.39, 0.29) is 5.41 Å². The zero-order valence-electron chi connectivity index (χ0n) is 12.0. The fourth-order valence-electron chi connectivity index (χ4n) is 2.11. The molecule has 3 heteroatoms. The highest BCUT2D eigenvalue weighted by molar-refractivity contribution is 7.22. The molecular weight excluding hydrogens is 264 g/mol. The lowest BCUT2D eigenvalue weighted by molar-refractivity contribution is 0.590. The highest BCUT2D eigenvalue weighted by Crippen LogP contribution is 2.30. The third kappa shape index (κ3) is 2.68. The second-order valence-corrected chi connectivity index (χ2v) is 6.97. The number of anilines is 2. The molecule has 0 aliphatic rings. The molecule has 0 unspecified atom stereocenters. The van der Waals surface area contributed by atoms with E-state index < -0.39 is 0 Å². The van der Waals surface area contributed by atoms with Crippen LogP contribution in [0.3, 0.4) is 0 Å². The fourth-order valence-corrected chi connectivity index (χ4v) is 3.00. The quantitative estimate of drug-likeness (QED) is 0.686. The van der Waals surface area contributed by atoms with Crippen LogP contribution in [0.5, 0.6) is 0 Å². The summed E-state index contributed by atoms with van der Waals surface area (Å²) in [5.41, 5.74) is 3.62. The van der Waals surface area contributed by atoms with Gasteiger partial charge in [-0.15, -0.1) is 0 Å². The summed E-state index contributed by atoms with van der Waals surface area (Å²) in [4.78, 5) is 4.61. The van der Waals surface area contributed by atoms with Gasteiger partial charge < -0.3 is 5.32 Å². The van der Waals surface area contributed by atoms with Crippen molar-refractivity contribution >= 4 is 32.4 Å². The summed E-state index contributed by atoms with van der Waals surface area (Å²) in [7, 11) is 0. The van der Waals surface area contributed by atoms with Crippen LogP contribution in [0.2, 0.25) is 0 Å². The molecule has 0 radical (unpaired) electrons. The number of aromatic nitrogens is 1. The first-order valence-electron chi connectivity index (χ1n) is 6.75. The van der Waals surface area contributed by atoms with Gasteiger partial charge in [-0.2, -0.15) is 0 Å². The van der Waals surface area contributed by atoms with Gasteiger partial charge in [0, 0.05) is 5.69 Å². The van der Waals surface area contributed by atoms with Crippen molar-refractivity contribution in [1.29, 1.82) is 0 Å². The molecule has 0 fully saturated rings. The number of thiazole rings is 1. The fraction of sp³-hybridized carbons (Fsp3) is 0.235. The maximum Gasteiger partial charge on any atom is 0.188 e. The molecule has 1 aromatic heterocycles. The Balaban J connectivity index is 1.91. The van der Waals surface area contributed by atoms with Gasteiger partial charge in [0.15, 0.2) is 5.13 Å². The molecule has 102 valence electrons. The van der Waals surface area contributed by atoms with Gasteiger partial charge in [-0.05, 0) is 35.2 Å². The standard InChI is InChI=1S/C17H18N2S/c1-17(2,3)12-7-6-8-13(11-12)18-16-19-14-9-4-5-10-15(14)20-16/h4-11H,1-3H3,(H,18,19). The average Bonchev–Trinajstić information content (AvgIpc) is 2.80. The molecular formula is C17H18N2S. The Morgan fingerprint density at radius 3 is 2.55 bits per heavy atom. The molecule has 0 bridgehead atoms. The van der Waals surface area contributed by atoms with E-state index in [1.807, 2.05) is 18.2 Å². The maximum atomic E-state index is 4.61. The van der Waals surface area contributed by atoms with Crippen LogP contribution in [0, 0.1) is 0 Å². The van der Waals surface area contributed by atoms with Gasteiger partial charge in [-0.25, -0.2) is 4.98 Å². The maximum absolute atomic E-state index is 4.61. The predicted octanol–water partition coefficient (Wildman–Crippen LogP) is 5.34. The van der Waals surface area contributed by atoms with Crippen molar-refractivity contribution in [2.75, 3.05) is 5.32 Å². The van der Waals surface area contributed by atoms with Crippen molar-refractivity contribution in [3.05, 3.63) is 54.1 Å². The zero-order chi connectivity index (χ0) is 14.2. The third-order valence-electron chi connectivity index (χ3n) is 3.27. The highest BCUT2D eigenvalue weighted by atomic mass is 32.1. The molecule has 0 spiro atoms. The lowest BCUT2D eigenvalue weighted by Gasteiger charge is -2.19. The Morgan fingerprint density at radius 1 is 1.00 bits per heavy atom. The monoisotopic (exact) mass is 282 g/mol. The number of hydrogen-bond donors (Lipinski definition) is 1. The molecule has 0 saturated heterocycles. The van der Waals surface area contributed by atoms with E-state index in [2.05, 4.69) is 61.4 Å². The lowest BCUT2D eigenvalue weighted by atomic mass is 9.87. The predicted molar refractivity (Wildman–Crippen MR) is 88.0 cm³/mol. The van der Waals surface area contributed by atoms with Crippen LogP contribution in [-0.4, -0.2) is 4.98 Å². The Kier molecular flexibility index (Phi) is 3.22. The second kappa shape index (κ2) is 4.91. The number of hydrogen-bond acceptors (Lipinski definition) is 3. The smallest absolute Gasteiger partial charge is 0.188 e. The van der Waals surface area contributed by atoms with Crippen LogP contribution in [0.25, 0.3) is 10.2 Å². The highest BCUT2D eigenvalue weighted by Gasteiger charge is 2.13.